The highest BCUT2D eigenvalue weighted by Gasteiger charge is 2.49. The van der Waals surface area contributed by atoms with Crippen LogP contribution in [0.3, 0.4) is 0 Å². The largest absolute Gasteiger partial charge is 0.455 e. The fourth-order valence-corrected chi connectivity index (χ4v) is 5.26. The van der Waals surface area contributed by atoms with Crippen molar-refractivity contribution in [3.8, 4) is 11.3 Å². The first-order chi connectivity index (χ1) is 22.5. The Morgan fingerprint density at radius 3 is 1.87 bits per heavy atom. The molecule has 0 bridgehead atoms. The molecule has 0 amide bonds. The second-order valence-electron chi connectivity index (χ2n) is 10.8. The molecule has 0 saturated carbocycles. The van der Waals surface area contributed by atoms with Gasteiger partial charge in [0.15, 0.2) is 29.7 Å². The molecule has 1 aliphatic heterocycles. The van der Waals surface area contributed by atoms with Gasteiger partial charge in [-0.05, 0) is 28.8 Å². The molecule has 6 rings (SSSR count). The van der Waals surface area contributed by atoms with Crippen LogP contribution in [0.4, 0.5) is 13.2 Å². The second kappa shape index (κ2) is 14.5. The Morgan fingerprint density at radius 2 is 1.28 bits per heavy atom. The molecule has 1 fully saturated rings. The standard InChI is InChI=1S/C35H30F3N3O5/c36-27-16-26(17-28(37)31(27)38)29-18-41(40-39-29)32-33(44-20-24-12-6-2-7-13-24)30(22-43-19-23-10-4-1-5-11-23)46-35(42)34(32)45-21-25-14-8-3-9-15-25/h1-18,30,32-34H,19-22H2/t30?,32?,33-,34-/m0/s1. The van der Waals surface area contributed by atoms with Crippen molar-refractivity contribution in [2.24, 2.45) is 0 Å². The predicted octanol–water partition coefficient (Wildman–Crippen LogP) is 6.22. The normalized spacial score (nSPS) is 19.6. The first-order valence-electron chi connectivity index (χ1n) is 14.7. The summed E-state index contributed by atoms with van der Waals surface area (Å²) in [4.78, 5) is 13.6. The molecule has 0 aliphatic carbocycles. The summed E-state index contributed by atoms with van der Waals surface area (Å²) in [5.41, 5.74) is 2.65. The molecule has 2 heterocycles. The van der Waals surface area contributed by atoms with Gasteiger partial charge in [0.25, 0.3) is 0 Å². The molecule has 1 saturated heterocycles. The summed E-state index contributed by atoms with van der Waals surface area (Å²) in [6, 6.07) is 29.0. The fourth-order valence-electron chi connectivity index (χ4n) is 5.26. The number of carbonyl (C=O) groups excluding carboxylic acids is 1. The van der Waals surface area contributed by atoms with E-state index < -0.39 is 47.8 Å². The Hall–Kier alpha value is -4.84. The summed E-state index contributed by atoms with van der Waals surface area (Å²) >= 11 is 0. The molecule has 11 heteroatoms. The van der Waals surface area contributed by atoms with Gasteiger partial charge in [0.05, 0.1) is 32.6 Å². The van der Waals surface area contributed by atoms with Crippen molar-refractivity contribution in [2.75, 3.05) is 6.61 Å². The van der Waals surface area contributed by atoms with Crippen LogP contribution in [0.1, 0.15) is 22.7 Å². The van der Waals surface area contributed by atoms with E-state index in [1.807, 2.05) is 91.0 Å². The van der Waals surface area contributed by atoms with Gasteiger partial charge in [0, 0.05) is 5.56 Å². The van der Waals surface area contributed by atoms with Gasteiger partial charge in [-0.2, -0.15) is 0 Å². The van der Waals surface area contributed by atoms with E-state index in [2.05, 4.69) is 10.3 Å². The predicted molar refractivity (Wildman–Crippen MR) is 160 cm³/mol. The van der Waals surface area contributed by atoms with Crippen molar-refractivity contribution in [1.29, 1.82) is 0 Å². The third kappa shape index (κ3) is 7.34. The van der Waals surface area contributed by atoms with Crippen molar-refractivity contribution in [3.05, 3.63) is 143 Å². The number of halogens is 3. The molecule has 4 atom stereocenters. The molecular formula is C35H30F3N3O5. The van der Waals surface area contributed by atoms with Crippen LogP contribution in [0.2, 0.25) is 0 Å². The van der Waals surface area contributed by atoms with E-state index in [0.717, 1.165) is 28.8 Å². The molecule has 5 aromatic rings. The van der Waals surface area contributed by atoms with E-state index in [1.54, 1.807) is 0 Å². The summed E-state index contributed by atoms with van der Waals surface area (Å²) in [6.07, 6.45) is -1.53. The first-order valence-corrected chi connectivity index (χ1v) is 14.7. The molecule has 0 N–H and O–H groups in total. The van der Waals surface area contributed by atoms with E-state index in [0.29, 0.717) is 0 Å². The molecule has 8 nitrogen and oxygen atoms in total. The van der Waals surface area contributed by atoms with Crippen molar-refractivity contribution in [1.82, 2.24) is 15.0 Å². The minimum absolute atomic E-state index is 0.00205. The molecule has 236 valence electrons. The lowest BCUT2D eigenvalue weighted by molar-refractivity contribution is -0.213. The third-order valence-electron chi connectivity index (χ3n) is 7.56. The maximum atomic E-state index is 14.1. The van der Waals surface area contributed by atoms with Crippen LogP contribution in [0.25, 0.3) is 11.3 Å². The zero-order chi connectivity index (χ0) is 31.9. The topological polar surface area (TPSA) is 84.7 Å². The maximum absolute atomic E-state index is 14.1. The Labute approximate surface area is 263 Å². The average Bonchev–Trinajstić information content (AvgIpc) is 3.57. The molecule has 0 spiro atoms. The highest BCUT2D eigenvalue weighted by atomic mass is 19.2. The summed E-state index contributed by atoms with van der Waals surface area (Å²) in [6.45, 7) is 0.510. The van der Waals surface area contributed by atoms with Crippen molar-refractivity contribution in [2.45, 2.75) is 44.2 Å². The zero-order valence-electron chi connectivity index (χ0n) is 24.5. The van der Waals surface area contributed by atoms with E-state index in [-0.39, 0.29) is 37.7 Å². The van der Waals surface area contributed by atoms with Crippen LogP contribution in [0, 0.1) is 17.5 Å². The van der Waals surface area contributed by atoms with E-state index in [1.165, 1.54) is 10.9 Å². The average molecular weight is 630 g/mol. The summed E-state index contributed by atoms with van der Waals surface area (Å²) in [5, 5.41) is 8.32. The summed E-state index contributed by atoms with van der Waals surface area (Å²) in [7, 11) is 0. The van der Waals surface area contributed by atoms with Crippen molar-refractivity contribution >= 4 is 5.97 Å². The first kappa shape index (κ1) is 31.2. The number of ether oxygens (including phenoxy) is 4. The Kier molecular flexibility index (Phi) is 9.82. The van der Waals surface area contributed by atoms with Gasteiger partial charge in [0.2, 0.25) is 0 Å². The molecule has 2 unspecified atom stereocenters. The van der Waals surface area contributed by atoms with Crippen LogP contribution in [0.5, 0.6) is 0 Å². The van der Waals surface area contributed by atoms with Crippen LogP contribution in [-0.4, -0.2) is 45.9 Å². The van der Waals surface area contributed by atoms with Gasteiger partial charge in [0.1, 0.15) is 17.8 Å². The van der Waals surface area contributed by atoms with Crippen LogP contribution < -0.4 is 0 Å². The molecule has 46 heavy (non-hydrogen) atoms. The van der Waals surface area contributed by atoms with Gasteiger partial charge in [-0.25, -0.2) is 22.6 Å². The van der Waals surface area contributed by atoms with E-state index in [4.69, 9.17) is 18.9 Å². The number of aromatic nitrogens is 3. The molecule has 4 aromatic carbocycles. The highest BCUT2D eigenvalue weighted by molar-refractivity contribution is 5.77. The highest BCUT2D eigenvalue weighted by Crippen LogP contribution is 2.34. The molecular weight excluding hydrogens is 599 g/mol. The minimum atomic E-state index is -1.59. The SMILES string of the molecule is O=C1OC(COCc2ccccc2)[C@H](OCc2ccccc2)C(n2cc(-c3cc(F)c(F)c(F)c3)nn2)[C@@H]1OCc1ccccc1. The van der Waals surface area contributed by atoms with Crippen molar-refractivity contribution < 1.29 is 36.9 Å². The van der Waals surface area contributed by atoms with Crippen molar-refractivity contribution in [3.63, 3.8) is 0 Å². The number of hydrogen-bond acceptors (Lipinski definition) is 7. The van der Waals surface area contributed by atoms with E-state index >= 15 is 0 Å². The summed E-state index contributed by atoms with van der Waals surface area (Å²) in [5.74, 6) is -4.98. The van der Waals surface area contributed by atoms with E-state index in [9.17, 15) is 18.0 Å². The maximum Gasteiger partial charge on any atom is 0.338 e. The second-order valence-corrected chi connectivity index (χ2v) is 10.8. The summed E-state index contributed by atoms with van der Waals surface area (Å²) < 4.78 is 67.7. The monoisotopic (exact) mass is 629 g/mol. The quantitative estimate of drug-likeness (QED) is 0.120. The lowest BCUT2D eigenvalue weighted by Gasteiger charge is -2.41. The third-order valence-corrected chi connectivity index (χ3v) is 7.56. The van der Waals surface area contributed by atoms with Crippen LogP contribution in [-0.2, 0) is 43.6 Å². The smallest absolute Gasteiger partial charge is 0.338 e. The van der Waals surface area contributed by atoms with Gasteiger partial charge in [-0.3, -0.25) is 0 Å². The lowest BCUT2D eigenvalue weighted by atomic mass is 9.96. The number of benzene rings is 4. The van der Waals surface area contributed by atoms with Crippen LogP contribution in [0.15, 0.2) is 109 Å². The van der Waals surface area contributed by atoms with Gasteiger partial charge in [-0.1, -0.05) is 96.2 Å². The van der Waals surface area contributed by atoms with Gasteiger partial charge < -0.3 is 18.9 Å². The van der Waals surface area contributed by atoms with Crippen LogP contribution >= 0.6 is 0 Å². The van der Waals surface area contributed by atoms with Gasteiger partial charge >= 0.3 is 5.97 Å². The molecule has 1 aliphatic rings. The molecule has 1 aromatic heterocycles. The Bertz CT molecular complexity index is 1720. The number of hydrogen-bond donors (Lipinski definition) is 0. The Morgan fingerprint density at radius 1 is 0.739 bits per heavy atom. The molecule has 0 radical (unpaired) electrons. The number of nitrogens with zero attached hydrogens (tertiary/aromatic N) is 3. The Balaban J connectivity index is 1.34. The fraction of sp³-hybridized carbons (Fsp3) is 0.229. The number of rotatable bonds is 12. The lowest BCUT2D eigenvalue weighted by Crippen LogP contribution is -2.56. The van der Waals surface area contributed by atoms with Gasteiger partial charge in [-0.15, -0.1) is 5.10 Å². The number of esters is 1. The minimum Gasteiger partial charge on any atom is -0.455 e. The number of carbonyl (C=O) groups is 1. The zero-order valence-corrected chi connectivity index (χ0v) is 24.5. The number of cyclic esters (lactones) is 1.